The summed E-state index contributed by atoms with van der Waals surface area (Å²) in [6, 6.07) is 0. The molecule has 96 valence electrons. The minimum Gasteiger partial charge on any atom is -0.344 e. The highest BCUT2D eigenvalue weighted by Gasteiger charge is 2.13. The van der Waals surface area contributed by atoms with E-state index in [4.69, 9.17) is 5.73 Å². The van der Waals surface area contributed by atoms with Gasteiger partial charge in [-0.1, -0.05) is 13.8 Å². The van der Waals surface area contributed by atoms with E-state index < -0.39 is 0 Å². The molecule has 0 aliphatic rings. The zero-order valence-electron chi connectivity index (χ0n) is 10.9. The number of hydrogen-bond donors (Lipinski definition) is 1. The van der Waals surface area contributed by atoms with Crippen LogP contribution >= 0.6 is 0 Å². The van der Waals surface area contributed by atoms with Gasteiger partial charge in [0.05, 0.1) is 0 Å². The summed E-state index contributed by atoms with van der Waals surface area (Å²) in [4.78, 5) is 17.9. The Morgan fingerprint density at radius 2 is 2.29 bits per heavy atom. The number of amides is 1. The Morgan fingerprint density at radius 1 is 1.59 bits per heavy atom. The number of nitrogens with two attached hydrogens (primary N) is 1. The Labute approximate surface area is 103 Å². The molecule has 0 saturated heterocycles. The number of hydrogen-bond acceptors (Lipinski definition) is 3. The predicted molar refractivity (Wildman–Crippen MR) is 67.6 cm³/mol. The zero-order valence-corrected chi connectivity index (χ0v) is 10.9. The first kappa shape index (κ1) is 13.7. The maximum atomic E-state index is 11.9. The molecule has 17 heavy (non-hydrogen) atoms. The Kier molecular flexibility index (Phi) is 5.15. The molecule has 0 bridgehead atoms. The molecular weight excluding hydrogens is 216 g/mol. The normalized spacial score (nSPS) is 10.9. The third-order valence-corrected chi connectivity index (χ3v) is 2.69. The van der Waals surface area contributed by atoms with Crippen molar-refractivity contribution in [3.8, 4) is 0 Å². The number of nitrogens with zero attached hydrogens (tertiary/aromatic N) is 3. The summed E-state index contributed by atoms with van der Waals surface area (Å²) in [6.07, 6.45) is 4.43. The van der Waals surface area contributed by atoms with Gasteiger partial charge >= 0.3 is 0 Å². The molecule has 0 radical (unpaired) electrons. The van der Waals surface area contributed by atoms with Crippen LogP contribution in [0.4, 0.5) is 0 Å². The second-order valence-corrected chi connectivity index (χ2v) is 4.53. The van der Waals surface area contributed by atoms with E-state index in [1.165, 1.54) is 0 Å². The van der Waals surface area contributed by atoms with Crippen LogP contribution in [-0.4, -0.2) is 40.5 Å². The van der Waals surface area contributed by atoms with Gasteiger partial charge in [0.15, 0.2) is 0 Å². The molecule has 1 aromatic heterocycles. The van der Waals surface area contributed by atoms with Crippen LogP contribution in [-0.2, 0) is 11.3 Å². The van der Waals surface area contributed by atoms with Gasteiger partial charge in [0.1, 0.15) is 12.4 Å². The van der Waals surface area contributed by atoms with E-state index in [1.54, 1.807) is 11.1 Å². The molecule has 0 aromatic carbocycles. The lowest BCUT2D eigenvalue weighted by atomic mass is 10.2. The molecule has 2 N–H and O–H groups in total. The van der Waals surface area contributed by atoms with Crippen molar-refractivity contribution < 1.29 is 4.79 Å². The van der Waals surface area contributed by atoms with Gasteiger partial charge in [-0.25, -0.2) is 4.98 Å². The van der Waals surface area contributed by atoms with Crippen molar-refractivity contribution >= 4 is 5.91 Å². The third-order valence-electron chi connectivity index (χ3n) is 2.69. The monoisotopic (exact) mass is 238 g/mol. The van der Waals surface area contributed by atoms with Gasteiger partial charge in [-0.2, -0.15) is 0 Å². The molecule has 1 rings (SSSR count). The van der Waals surface area contributed by atoms with Crippen LogP contribution in [0.2, 0.25) is 0 Å². The number of aromatic nitrogens is 2. The smallest absolute Gasteiger partial charge is 0.242 e. The molecule has 0 fully saturated rings. The van der Waals surface area contributed by atoms with Crippen LogP contribution in [0, 0.1) is 0 Å². The summed E-state index contributed by atoms with van der Waals surface area (Å²) < 4.78 is 1.91. The Bertz CT molecular complexity index is 359. The van der Waals surface area contributed by atoms with Gasteiger partial charge in [0.2, 0.25) is 5.91 Å². The minimum absolute atomic E-state index is 0.0957. The molecule has 1 heterocycles. The molecule has 0 atom stereocenters. The lowest BCUT2D eigenvalue weighted by Gasteiger charge is -2.18. The topological polar surface area (TPSA) is 64.2 Å². The highest BCUT2D eigenvalue weighted by Crippen LogP contribution is 2.11. The summed E-state index contributed by atoms with van der Waals surface area (Å²) in [5.41, 5.74) is 5.42. The fraction of sp³-hybridized carbons (Fsp3) is 0.667. The highest BCUT2D eigenvalue weighted by atomic mass is 16.2. The van der Waals surface area contributed by atoms with E-state index in [9.17, 15) is 4.79 Å². The molecule has 0 aliphatic carbocycles. The number of carbonyl (C=O) groups is 1. The van der Waals surface area contributed by atoms with E-state index >= 15 is 0 Å². The number of carbonyl (C=O) groups excluding carboxylic acids is 1. The van der Waals surface area contributed by atoms with Crippen LogP contribution in [0.25, 0.3) is 0 Å². The molecular formula is C12H22N4O. The van der Waals surface area contributed by atoms with Crippen LogP contribution < -0.4 is 5.73 Å². The van der Waals surface area contributed by atoms with Crippen LogP contribution in [0.5, 0.6) is 0 Å². The molecule has 5 heteroatoms. The Hall–Kier alpha value is -1.36. The van der Waals surface area contributed by atoms with Crippen molar-refractivity contribution in [3.63, 3.8) is 0 Å². The van der Waals surface area contributed by atoms with Gasteiger partial charge in [-0.15, -0.1) is 0 Å². The average Bonchev–Trinajstić information content (AvgIpc) is 2.73. The van der Waals surface area contributed by atoms with Crippen molar-refractivity contribution in [3.05, 3.63) is 18.2 Å². The van der Waals surface area contributed by atoms with Crippen molar-refractivity contribution in [1.29, 1.82) is 0 Å². The van der Waals surface area contributed by atoms with Gasteiger partial charge in [-0.05, 0) is 13.0 Å². The second kappa shape index (κ2) is 6.39. The predicted octanol–water partition coefficient (Wildman–Crippen LogP) is 0.814. The maximum absolute atomic E-state index is 11.9. The fourth-order valence-corrected chi connectivity index (χ4v) is 1.67. The lowest BCUT2D eigenvalue weighted by Crippen LogP contribution is -2.32. The van der Waals surface area contributed by atoms with Crippen LogP contribution in [0.1, 0.15) is 32.0 Å². The number of imidazole rings is 1. The van der Waals surface area contributed by atoms with Crippen LogP contribution in [0.15, 0.2) is 12.4 Å². The van der Waals surface area contributed by atoms with Crippen molar-refractivity contribution in [2.24, 2.45) is 5.73 Å². The van der Waals surface area contributed by atoms with Gasteiger partial charge in [0.25, 0.3) is 0 Å². The molecule has 1 aromatic rings. The van der Waals surface area contributed by atoms with Crippen LogP contribution in [0.3, 0.4) is 0 Å². The SMILES string of the molecule is CC(C)c1nccn1CC(=O)N(C)CCCN. The maximum Gasteiger partial charge on any atom is 0.242 e. The quantitative estimate of drug-likeness (QED) is 0.797. The summed E-state index contributed by atoms with van der Waals surface area (Å²) in [5, 5.41) is 0. The molecule has 0 spiro atoms. The molecule has 0 saturated carbocycles. The lowest BCUT2D eigenvalue weighted by molar-refractivity contribution is -0.130. The molecule has 5 nitrogen and oxygen atoms in total. The Morgan fingerprint density at radius 3 is 2.88 bits per heavy atom. The van der Waals surface area contributed by atoms with Crippen molar-refractivity contribution in [1.82, 2.24) is 14.5 Å². The van der Waals surface area contributed by atoms with E-state index in [0.29, 0.717) is 25.6 Å². The van der Waals surface area contributed by atoms with Gasteiger partial charge in [-0.3, -0.25) is 4.79 Å². The van der Waals surface area contributed by atoms with E-state index in [-0.39, 0.29) is 5.91 Å². The first-order valence-electron chi connectivity index (χ1n) is 6.01. The summed E-state index contributed by atoms with van der Waals surface area (Å²) in [5.74, 6) is 1.37. The molecule has 1 amide bonds. The largest absolute Gasteiger partial charge is 0.344 e. The third kappa shape index (κ3) is 3.85. The standard InChI is InChI=1S/C12H22N4O/c1-10(2)12-14-6-8-16(12)9-11(17)15(3)7-4-5-13/h6,8,10H,4-5,7,9,13H2,1-3H3. The van der Waals surface area contributed by atoms with Crippen molar-refractivity contribution in [2.45, 2.75) is 32.7 Å². The van der Waals surface area contributed by atoms with Crippen molar-refractivity contribution in [2.75, 3.05) is 20.1 Å². The van der Waals surface area contributed by atoms with E-state index in [1.807, 2.05) is 17.8 Å². The number of likely N-dealkylation sites (N-methyl/N-ethyl adjacent to an activating group) is 1. The van der Waals surface area contributed by atoms with Gasteiger partial charge < -0.3 is 15.2 Å². The average molecular weight is 238 g/mol. The Balaban J connectivity index is 2.58. The summed E-state index contributed by atoms with van der Waals surface area (Å²) in [7, 11) is 1.81. The summed E-state index contributed by atoms with van der Waals surface area (Å²) in [6.45, 7) is 5.82. The highest BCUT2D eigenvalue weighted by molar-refractivity contribution is 5.75. The minimum atomic E-state index is 0.0957. The molecule has 0 unspecified atom stereocenters. The summed E-state index contributed by atoms with van der Waals surface area (Å²) >= 11 is 0. The first-order valence-corrected chi connectivity index (χ1v) is 6.01. The zero-order chi connectivity index (χ0) is 12.8. The van der Waals surface area contributed by atoms with Gasteiger partial charge in [0, 0.05) is 31.9 Å². The fourth-order valence-electron chi connectivity index (χ4n) is 1.67. The molecule has 0 aliphatic heterocycles. The second-order valence-electron chi connectivity index (χ2n) is 4.53. The number of rotatable bonds is 6. The first-order chi connectivity index (χ1) is 8.06. The van der Waals surface area contributed by atoms with E-state index in [2.05, 4.69) is 18.8 Å². The van der Waals surface area contributed by atoms with E-state index in [0.717, 1.165) is 12.2 Å².